The molecule has 0 aliphatic carbocycles. The van der Waals surface area contributed by atoms with Crippen LogP contribution in [0.4, 0.5) is 0 Å². The maximum Gasteiger partial charge on any atom is 0.237 e. The third-order valence-electron chi connectivity index (χ3n) is 5.83. The van der Waals surface area contributed by atoms with Crippen molar-refractivity contribution >= 4 is 22.6 Å². The molecule has 1 atom stereocenters. The molecule has 160 valence electrons. The third-order valence-corrected chi connectivity index (χ3v) is 5.83. The molecule has 1 saturated heterocycles. The molecule has 2 aromatic carbocycles. The van der Waals surface area contributed by atoms with Crippen LogP contribution in [-0.2, 0) is 29.1 Å². The fraction of sp³-hybridized carbons (Fsp3) is 0.320. The molecular formula is C25H28N4O2. The topological polar surface area (TPSA) is 74.3 Å². The minimum absolute atomic E-state index is 0.0907. The second-order valence-electron chi connectivity index (χ2n) is 7.91. The lowest BCUT2D eigenvalue weighted by Crippen LogP contribution is -2.56. The molecule has 2 N–H and O–H groups in total. The summed E-state index contributed by atoms with van der Waals surface area (Å²) in [6.45, 7) is 4.38. The number of pyridine rings is 1. The van der Waals surface area contributed by atoms with Gasteiger partial charge in [0.1, 0.15) is 0 Å². The number of amides is 2. The number of aromatic nitrogens is 1. The summed E-state index contributed by atoms with van der Waals surface area (Å²) >= 11 is 0. The number of nitrogens with zero attached hydrogens (tertiary/aromatic N) is 2. The Hall–Kier alpha value is -3.25. The first-order chi connectivity index (χ1) is 15.1. The van der Waals surface area contributed by atoms with E-state index in [9.17, 15) is 9.59 Å². The van der Waals surface area contributed by atoms with Crippen LogP contribution in [0.15, 0.2) is 60.8 Å². The van der Waals surface area contributed by atoms with Gasteiger partial charge in [0.25, 0.3) is 0 Å². The van der Waals surface area contributed by atoms with Crippen LogP contribution in [0.2, 0.25) is 0 Å². The van der Waals surface area contributed by atoms with Gasteiger partial charge in [-0.25, -0.2) is 0 Å². The zero-order valence-electron chi connectivity index (χ0n) is 17.8. The smallest absolute Gasteiger partial charge is 0.237 e. The SMILES string of the molecule is CCc1ccc(CNC(=O)CC2C(=O)NCCN2Cc2cccc3ccccc23)nc1. The van der Waals surface area contributed by atoms with Crippen LogP contribution >= 0.6 is 0 Å². The van der Waals surface area contributed by atoms with Gasteiger partial charge in [-0.2, -0.15) is 0 Å². The zero-order chi connectivity index (χ0) is 21.6. The number of hydrogen-bond donors (Lipinski definition) is 2. The molecule has 6 heteroatoms. The molecule has 31 heavy (non-hydrogen) atoms. The fourth-order valence-corrected chi connectivity index (χ4v) is 4.03. The van der Waals surface area contributed by atoms with Gasteiger partial charge in [-0.05, 0) is 34.4 Å². The Balaban J connectivity index is 1.42. The summed E-state index contributed by atoms with van der Waals surface area (Å²) in [6, 6.07) is 17.9. The van der Waals surface area contributed by atoms with Crippen LogP contribution < -0.4 is 10.6 Å². The first-order valence-electron chi connectivity index (χ1n) is 10.8. The van der Waals surface area contributed by atoms with Crippen molar-refractivity contribution in [3.63, 3.8) is 0 Å². The van der Waals surface area contributed by atoms with Crippen molar-refractivity contribution in [2.45, 2.75) is 38.9 Å². The van der Waals surface area contributed by atoms with E-state index in [-0.39, 0.29) is 18.2 Å². The molecule has 1 fully saturated rings. The van der Waals surface area contributed by atoms with Gasteiger partial charge in [0, 0.05) is 25.8 Å². The Morgan fingerprint density at radius 3 is 2.81 bits per heavy atom. The van der Waals surface area contributed by atoms with E-state index in [1.807, 2.05) is 36.5 Å². The highest BCUT2D eigenvalue weighted by Gasteiger charge is 2.31. The predicted molar refractivity (Wildman–Crippen MR) is 121 cm³/mol. The molecule has 0 bridgehead atoms. The molecule has 0 saturated carbocycles. The lowest BCUT2D eigenvalue weighted by atomic mass is 10.0. The van der Waals surface area contributed by atoms with E-state index in [1.54, 1.807) is 0 Å². The highest BCUT2D eigenvalue weighted by molar-refractivity contribution is 5.89. The lowest BCUT2D eigenvalue weighted by Gasteiger charge is -2.35. The van der Waals surface area contributed by atoms with E-state index in [4.69, 9.17) is 0 Å². The fourth-order valence-electron chi connectivity index (χ4n) is 4.03. The molecule has 2 amide bonds. The van der Waals surface area contributed by atoms with Crippen LogP contribution in [-0.4, -0.2) is 40.8 Å². The molecule has 1 aromatic heterocycles. The van der Waals surface area contributed by atoms with Gasteiger partial charge >= 0.3 is 0 Å². The molecule has 3 aromatic rings. The van der Waals surface area contributed by atoms with Crippen molar-refractivity contribution in [3.05, 3.63) is 77.6 Å². The van der Waals surface area contributed by atoms with Crippen molar-refractivity contribution in [2.75, 3.05) is 13.1 Å². The van der Waals surface area contributed by atoms with Gasteiger partial charge in [-0.1, -0.05) is 55.5 Å². The van der Waals surface area contributed by atoms with Gasteiger partial charge in [0.2, 0.25) is 11.8 Å². The Morgan fingerprint density at radius 2 is 2.00 bits per heavy atom. The molecule has 6 nitrogen and oxygen atoms in total. The van der Waals surface area contributed by atoms with Crippen LogP contribution in [0.25, 0.3) is 10.8 Å². The van der Waals surface area contributed by atoms with Gasteiger partial charge in [0.05, 0.1) is 24.7 Å². The second kappa shape index (κ2) is 9.71. The van der Waals surface area contributed by atoms with Crippen LogP contribution in [0.3, 0.4) is 0 Å². The van der Waals surface area contributed by atoms with Gasteiger partial charge in [-0.15, -0.1) is 0 Å². The molecule has 0 spiro atoms. The number of benzene rings is 2. The molecule has 1 aliphatic heterocycles. The maximum atomic E-state index is 12.6. The lowest BCUT2D eigenvalue weighted by molar-refractivity contribution is -0.134. The molecule has 1 unspecified atom stereocenters. The van der Waals surface area contributed by atoms with Crippen molar-refractivity contribution in [2.24, 2.45) is 0 Å². The minimum atomic E-state index is -0.483. The average Bonchev–Trinajstić information content (AvgIpc) is 2.80. The highest BCUT2D eigenvalue weighted by Crippen LogP contribution is 2.22. The number of hydrogen-bond acceptors (Lipinski definition) is 4. The van der Waals surface area contributed by atoms with E-state index >= 15 is 0 Å². The number of nitrogens with one attached hydrogen (secondary N) is 2. The number of aryl methyl sites for hydroxylation is 1. The van der Waals surface area contributed by atoms with E-state index in [2.05, 4.69) is 51.7 Å². The summed E-state index contributed by atoms with van der Waals surface area (Å²) in [4.78, 5) is 31.7. The van der Waals surface area contributed by atoms with Crippen LogP contribution in [0, 0.1) is 0 Å². The highest BCUT2D eigenvalue weighted by atomic mass is 16.2. The zero-order valence-corrected chi connectivity index (χ0v) is 17.8. The van der Waals surface area contributed by atoms with Crippen LogP contribution in [0.5, 0.6) is 0 Å². The van der Waals surface area contributed by atoms with E-state index < -0.39 is 6.04 Å². The molecule has 4 rings (SSSR count). The summed E-state index contributed by atoms with van der Waals surface area (Å²) in [5.74, 6) is -0.238. The quantitative estimate of drug-likeness (QED) is 0.621. The van der Waals surface area contributed by atoms with Crippen molar-refractivity contribution in [1.82, 2.24) is 20.5 Å². The van der Waals surface area contributed by atoms with E-state index in [1.165, 1.54) is 16.3 Å². The number of carbonyl (C=O) groups excluding carboxylic acids is 2. The maximum absolute atomic E-state index is 12.6. The largest absolute Gasteiger partial charge is 0.353 e. The monoisotopic (exact) mass is 416 g/mol. The first-order valence-corrected chi connectivity index (χ1v) is 10.8. The average molecular weight is 417 g/mol. The van der Waals surface area contributed by atoms with Crippen molar-refractivity contribution in [3.8, 4) is 0 Å². The summed E-state index contributed by atoms with van der Waals surface area (Å²) in [6.07, 6.45) is 2.90. The first kappa shape index (κ1) is 21.0. The standard InChI is InChI=1S/C25H28N4O2/c1-2-18-10-11-21(27-15-18)16-28-24(30)14-23-25(31)26-12-13-29(23)17-20-8-5-7-19-6-3-4-9-22(19)20/h3-11,15,23H,2,12-14,16-17H2,1H3,(H,26,31)(H,28,30). The second-order valence-corrected chi connectivity index (χ2v) is 7.91. The number of piperazine rings is 1. The third kappa shape index (κ3) is 5.09. The normalized spacial score (nSPS) is 16.8. The molecule has 2 heterocycles. The number of rotatable bonds is 7. The molecule has 1 aliphatic rings. The summed E-state index contributed by atoms with van der Waals surface area (Å²) in [5.41, 5.74) is 3.14. The molecular weight excluding hydrogens is 388 g/mol. The van der Waals surface area contributed by atoms with Crippen molar-refractivity contribution < 1.29 is 9.59 Å². The number of fused-ring (bicyclic) bond motifs is 1. The van der Waals surface area contributed by atoms with Crippen molar-refractivity contribution in [1.29, 1.82) is 0 Å². The van der Waals surface area contributed by atoms with Gasteiger partial charge in [-0.3, -0.25) is 19.5 Å². The minimum Gasteiger partial charge on any atom is -0.353 e. The summed E-state index contributed by atoms with van der Waals surface area (Å²) < 4.78 is 0. The Bertz CT molecular complexity index is 1060. The molecule has 0 radical (unpaired) electrons. The Kier molecular flexibility index (Phi) is 6.57. The van der Waals surface area contributed by atoms with E-state index in [0.29, 0.717) is 26.2 Å². The summed E-state index contributed by atoms with van der Waals surface area (Å²) in [5, 5.41) is 8.17. The van der Waals surface area contributed by atoms with Crippen LogP contribution in [0.1, 0.15) is 30.2 Å². The Morgan fingerprint density at radius 1 is 1.16 bits per heavy atom. The van der Waals surface area contributed by atoms with E-state index in [0.717, 1.165) is 17.7 Å². The Labute approximate surface area is 182 Å². The number of carbonyl (C=O) groups is 2. The summed E-state index contributed by atoms with van der Waals surface area (Å²) in [7, 11) is 0. The predicted octanol–water partition coefficient (Wildman–Crippen LogP) is 2.80. The van der Waals surface area contributed by atoms with Gasteiger partial charge in [0.15, 0.2) is 0 Å². The van der Waals surface area contributed by atoms with Gasteiger partial charge < -0.3 is 10.6 Å².